The molecule has 0 spiro atoms. The molecule has 0 aromatic rings. The lowest BCUT2D eigenvalue weighted by atomic mass is 10.6. The van der Waals surface area contributed by atoms with Crippen molar-refractivity contribution in [2.24, 2.45) is 0 Å². The summed E-state index contributed by atoms with van der Waals surface area (Å²) in [4.78, 5) is 12.0. The highest BCUT2D eigenvalue weighted by atomic mass is 35.5. The molecule has 3 nitrogen and oxygen atoms in total. The van der Waals surface area contributed by atoms with Gasteiger partial charge >= 0.3 is 5.37 Å². The highest BCUT2D eigenvalue weighted by molar-refractivity contribution is 6.63. The number of allylic oxidation sites excluding steroid dienone is 1. The zero-order chi connectivity index (χ0) is 7.56. The third-order valence-corrected chi connectivity index (χ3v) is 1.49. The lowest BCUT2D eigenvalue weighted by Crippen LogP contribution is -2.20. The van der Waals surface area contributed by atoms with Crippen LogP contribution < -0.4 is 0 Å². The van der Waals surface area contributed by atoms with Gasteiger partial charge in [0.1, 0.15) is 6.61 Å². The summed E-state index contributed by atoms with van der Waals surface area (Å²) in [5, 5.41) is -0.481. The molecule has 0 aromatic heterocycles. The number of carbonyl (C=O) groups excluding carboxylic acids is 1. The van der Waals surface area contributed by atoms with Crippen molar-refractivity contribution < 1.29 is 9.53 Å². The molecule has 1 aliphatic heterocycles. The lowest BCUT2D eigenvalue weighted by Gasteiger charge is -2.08. The molecule has 0 aliphatic carbocycles. The fourth-order valence-corrected chi connectivity index (χ4v) is 1.01. The van der Waals surface area contributed by atoms with E-state index in [9.17, 15) is 4.79 Å². The molecule has 1 heterocycles. The number of hydrogen-bond donors (Lipinski definition) is 0. The number of carbonyl (C=O) groups is 1. The summed E-state index contributed by atoms with van der Waals surface area (Å²) >= 11 is 5.22. The van der Waals surface area contributed by atoms with Crippen LogP contribution in [0.1, 0.15) is 6.92 Å². The molecule has 0 aromatic carbocycles. The first-order chi connectivity index (χ1) is 4.75. The van der Waals surface area contributed by atoms with E-state index in [0.29, 0.717) is 19.0 Å². The first kappa shape index (κ1) is 7.41. The number of halogens is 1. The Kier molecular flexibility index (Phi) is 2.17. The minimum Gasteiger partial charge on any atom is -0.477 e. The van der Waals surface area contributed by atoms with Crippen molar-refractivity contribution in [2.45, 2.75) is 6.92 Å². The van der Waals surface area contributed by atoms with E-state index in [2.05, 4.69) is 0 Å². The number of hydrogen-bond acceptors (Lipinski definition) is 2. The van der Waals surface area contributed by atoms with Crippen LogP contribution in [-0.2, 0) is 4.74 Å². The van der Waals surface area contributed by atoms with Gasteiger partial charge in [0.2, 0.25) is 0 Å². The van der Waals surface area contributed by atoms with E-state index in [1.807, 2.05) is 0 Å². The van der Waals surface area contributed by atoms with Gasteiger partial charge < -0.3 is 4.74 Å². The predicted molar refractivity (Wildman–Crippen MR) is 37.7 cm³/mol. The molecule has 0 atom stereocenters. The molecular formula is C6H8ClNO2. The first-order valence-electron chi connectivity index (χ1n) is 3.02. The second kappa shape index (κ2) is 2.92. The summed E-state index contributed by atoms with van der Waals surface area (Å²) < 4.78 is 5.06. The van der Waals surface area contributed by atoms with Gasteiger partial charge in [-0.2, -0.15) is 0 Å². The maximum Gasteiger partial charge on any atom is 0.323 e. The SMILES string of the molecule is C/C=C1/OCCN1C(=O)Cl. The van der Waals surface area contributed by atoms with Crippen molar-refractivity contribution in [3.63, 3.8) is 0 Å². The number of amides is 1. The molecular weight excluding hydrogens is 154 g/mol. The van der Waals surface area contributed by atoms with Gasteiger partial charge in [-0.25, -0.2) is 0 Å². The number of nitrogens with zero attached hydrogens (tertiary/aromatic N) is 1. The van der Waals surface area contributed by atoms with E-state index in [1.165, 1.54) is 4.90 Å². The molecule has 1 rings (SSSR count). The van der Waals surface area contributed by atoms with Gasteiger partial charge in [0.05, 0.1) is 6.54 Å². The Labute approximate surface area is 64.2 Å². The molecule has 1 amide bonds. The van der Waals surface area contributed by atoms with Crippen LogP contribution in [0.2, 0.25) is 0 Å². The molecule has 0 N–H and O–H groups in total. The third kappa shape index (κ3) is 1.24. The minimum absolute atomic E-state index is 0.481. The van der Waals surface area contributed by atoms with Gasteiger partial charge in [-0.1, -0.05) is 0 Å². The van der Waals surface area contributed by atoms with Crippen molar-refractivity contribution in [2.75, 3.05) is 13.2 Å². The van der Waals surface area contributed by atoms with E-state index in [-0.39, 0.29) is 0 Å². The van der Waals surface area contributed by atoms with Crippen molar-refractivity contribution in [1.82, 2.24) is 4.90 Å². The maximum atomic E-state index is 10.6. The molecule has 1 saturated heterocycles. The summed E-state index contributed by atoms with van der Waals surface area (Å²) in [6.07, 6.45) is 1.72. The smallest absolute Gasteiger partial charge is 0.323 e. The zero-order valence-electron chi connectivity index (χ0n) is 5.63. The Morgan fingerprint density at radius 3 is 3.00 bits per heavy atom. The first-order valence-corrected chi connectivity index (χ1v) is 3.39. The number of rotatable bonds is 0. The molecule has 56 valence electrons. The van der Waals surface area contributed by atoms with E-state index in [0.717, 1.165) is 0 Å². The molecule has 0 saturated carbocycles. The summed E-state index contributed by atoms with van der Waals surface area (Å²) in [5.41, 5.74) is 0. The molecule has 0 unspecified atom stereocenters. The van der Waals surface area contributed by atoms with Crippen molar-refractivity contribution in [1.29, 1.82) is 0 Å². The Hall–Kier alpha value is -0.700. The highest BCUT2D eigenvalue weighted by Crippen LogP contribution is 2.15. The average Bonchev–Trinajstić information content (AvgIpc) is 2.33. The van der Waals surface area contributed by atoms with Crippen molar-refractivity contribution >= 4 is 17.0 Å². The minimum atomic E-state index is -0.481. The van der Waals surface area contributed by atoms with Crippen LogP contribution >= 0.6 is 11.6 Å². The van der Waals surface area contributed by atoms with Crippen LogP contribution in [0, 0.1) is 0 Å². The quantitative estimate of drug-likeness (QED) is 0.399. The summed E-state index contributed by atoms with van der Waals surface area (Å²) in [6.45, 7) is 2.90. The molecule has 4 heteroatoms. The van der Waals surface area contributed by atoms with Crippen LogP contribution in [0.3, 0.4) is 0 Å². The Bertz CT molecular complexity index is 179. The molecule has 1 aliphatic rings. The predicted octanol–water partition coefficient (Wildman–Crippen LogP) is 1.54. The lowest BCUT2D eigenvalue weighted by molar-refractivity contribution is 0.219. The number of ether oxygens (including phenoxy) is 1. The topological polar surface area (TPSA) is 29.5 Å². The fourth-order valence-electron chi connectivity index (χ4n) is 0.843. The maximum absolute atomic E-state index is 10.6. The largest absolute Gasteiger partial charge is 0.477 e. The second-order valence-electron chi connectivity index (χ2n) is 1.88. The van der Waals surface area contributed by atoms with Crippen molar-refractivity contribution in [3.8, 4) is 0 Å². The molecule has 10 heavy (non-hydrogen) atoms. The van der Waals surface area contributed by atoms with Crippen LogP contribution in [-0.4, -0.2) is 23.4 Å². The zero-order valence-corrected chi connectivity index (χ0v) is 6.39. The van der Waals surface area contributed by atoms with E-state index < -0.39 is 5.37 Å². The van der Waals surface area contributed by atoms with E-state index >= 15 is 0 Å². The van der Waals surface area contributed by atoms with Gasteiger partial charge in [0, 0.05) is 0 Å². The Morgan fingerprint density at radius 2 is 2.60 bits per heavy atom. The van der Waals surface area contributed by atoms with Gasteiger partial charge in [0.15, 0.2) is 5.88 Å². The van der Waals surface area contributed by atoms with Crippen LogP contribution in [0.4, 0.5) is 4.79 Å². The Balaban J connectivity index is 2.68. The third-order valence-electron chi connectivity index (χ3n) is 1.29. The van der Waals surface area contributed by atoms with Crippen LogP contribution in [0.15, 0.2) is 12.0 Å². The molecule has 0 bridgehead atoms. The summed E-state index contributed by atoms with van der Waals surface area (Å²) in [7, 11) is 0. The summed E-state index contributed by atoms with van der Waals surface area (Å²) in [6, 6.07) is 0. The van der Waals surface area contributed by atoms with E-state index in [4.69, 9.17) is 16.3 Å². The van der Waals surface area contributed by atoms with Crippen LogP contribution in [0.5, 0.6) is 0 Å². The van der Waals surface area contributed by atoms with Gasteiger partial charge in [-0.15, -0.1) is 0 Å². The van der Waals surface area contributed by atoms with Gasteiger partial charge in [0.25, 0.3) is 0 Å². The molecule has 0 radical (unpaired) electrons. The highest BCUT2D eigenvalue weighted by Gasteiger charge is 2.21. The van der Waals surface area contributed by atoms with E-state index in [1.54, 1.807) is 13.0 Å². The Morgan fingerprint density at radius 1 is 1.90 bits per heavy atom. The standard InChI is InChI=1S/C6H8ClNO2/c1-2-5-8(6(7)9)3-4-10-5/h2H,3-4H2,1H3/b5-2+. The normalized spacial score (nSPS) is 21.4. The van der Waals surface area contributed by atoms with Gasteiger partial charge in [-0.05, 0) is 24.6 Å². The molecule has 1 fully saturated rings. The van der Waals surface area contributed by atoms with Gasteiger partial charge in [-0.3, -0.25) is 9.69 Å². The summed E-state index contributed by atoms with van der Waals surface area (Å²) in [5.74, 6) is 0.556. The van der Waals surface area contributed by atoms with Crippen LogP contribution in [0.25, 0.3) is 0 Å². The second-order valence-corrected chi connectivity index (χ2v) is 2.20. The van der Waals surface area contributed by atoms with Crippen molar-refractivity contribution in [3.05, 3.63) is 12.0 Å². The monoisotopic (exact) mass is 161 g/mol. The average molecular weight is 162 g/mol. The fraction of sp³-hybridized carbons (Fsp3) is 0.500.